The maximum Gasteiger partial charge on any atom is 0.306 e. The number of esters is 1. The summed E-state index contributed by atoms with van der Waals surface area (Å²) in [6.45, 7) is 1.52. The fourth-order valence-electron chi connectivity index (χ4n) is 1.90. The first-order valence-electron chi connectivity index (χ1n) is 7.10. The summed E-state index contributed by atoms with van der Waals surface area (Å²) >= 11 is 1.58. The Labute approximate surface area is 138 Å². The molecular weight excluding hydrogens is 312 g/mol. The van der Waals surface area contributed by atoms with E-state index in [9.17, 15) is 9.59 Å². The van der Waals surface area contributed by atoms with Crippen LogP contribution in [0.2, 0.25) is 0 Å². The Morgan fingerprint density at radius 1 is 1.39 bits per heavy atom. The van der Waals surface area contributed by atoms with Crippen molar-refractivity contribution in [2.45, 2.75) is 25.9 Å². The predicted octanol–water partition coefficient (Wildman–Crippen LogP) is 3.12. The number of thiophene rings is 1. The van der Waals surface area contributed by atoms with E-state index >= 15 is 0 Å². The Morgan fingerprint density at radius 3 is 2.91 bits per heavy atom. The molecule has 1 amide bonds. The molecule has 2 aromatic rings. The first kappa shape index (κ1) is 16.7. The van der Waals surface area contributed by atoms with Crippen molar-refractivity contribution >= 4 is 28.9 Å². The fourth-order valence-corrected chi connectivity index (χ4v) is 2.60. The molecule has 0 radical (unpaired) electrons. The fraction of sp³-hybridized carbons (Fsp3) is 0.235. The first-order chi connectivity index (χ1) is 11.1. The zero-order chi connectivity index (χ0) is 16.7. The van der Waals surface area contributed by atoms with E-state index in [-0.39, 0.29) is 6.42 Å². The van der Waals surface area contributed by atoms with Crippen molar-refractivity contribution in [1.82, 2.24) is 0 Å². The average molecular weight is 328 g/mol. The Morgan fingerprint density at radius 2 is 2.22 bits per heavy atom. The van der Waals surface area contributed by atoms with Crippen molar-refractivity contribution in [3.8, 4) is 6.07 Å². The highest BCUT2D eigenvalue weighted by Crippen LogP contribution is 2.12. The summed E-state index contributed by atoms with van der Waals surface area (Å²) in [6.07, 6.45) is -0.0604. The molecule has 23 heavy (non-hydrogen) atoms. The topological polar surface area (TPSA) is 79.2 Å². The Kier molecular flexibility index (Phi) is 5.89. The molecule has 2 rings (SSSR count). The van der Waals surface area contributed by atoms with Crippen LogP contribution in [0.15, 0.2) is 41.1 Å². The normalized spacial score (nSPS) is 11.3. The third-order valence-electron chi connectivity index (χ3n) is 3.13. The van der Waals surface area contributed by atoms with Crippen molar-refractivity contribution in [2.24, 2.45) is 0 Å². The van der Waals surface area contributed by atoms with Crippen LogP contribution in [0.25, 0.3) is 0 Å². The number of benzene rings is 1. The molecule has 1 heterocycles. The number of rotatable bonds is 6. The molecule has 0 bridgehead atoms. The van der Waals surface area contributed by atoms with E-state index in [0.717, 1.165) is 5.56 Å². The molecule has 0 aliphatic carbocycles. The number of nitrogens with zero attached hydrogens (tertiary/aromatic N) is 1. The minimum Gasteiger partial charge on any atom is -0.453 e. The molecule has 5 nitrogen and oxygen atoms in total. The van der Waals surface area contributed by atoms with E-state index < -0.39 is 18.0 Å². The molecule has 6 heteroatoms. The van der Waals surface area contributed by atoms with E-state index in [4.69, 9.17) is 10.00 Å². The van der Waals surface area contributed by atoms with Gasteiger partial charge in [0.25, 0.3) is 5.91 Å². The summed E-state index contributed by atoms with van der Waals surface area (Å²) in [5, 5.41) is 15.4. The van der Waals surface area contributed by atoms with Gasteiger partial charge in [-0.15, -0.1) is 0 Å². The minimum atomic E-state index is -0.893. The number of nitriles is 1. The van der Waals surface area contributed by atoms with Gasteiger partial charge in [0, 0.05) is 12.1 Å². The van der Waals surface area contributed by atoms with Crippen molar-refractivity contribution in [3.63, 3.8) is 0 Å². The summed E-state index contributed by atoms with van der Waals surface area (Å²) in [4.78, 5) is 23.8. The zero-order valence-electron chi connectivity index (χ0n) is 12.6. The number of carbonyl (C=O) groups is 2. The molecule has 0 saturated carbocycles. The summed E-state index contributed by atoms with van der Waals surface area (Å²) in [5.74, 6) is -0.839. The molecular formula is C17H16N2O3S. The maximum absolute atomic E-state index is 12.0. The van der Waals surface area contributed by atoms with Crippen molar-refractivity contribution in [2.75, 3.05) is 5.32 Å². The Bertz CT molecular complexity index is 720. The van der Waals surface area contributed by atoms with Gasteiger partial charge in [-0.3, -0.25) is 9.59 Å². The van der Waals surface area contributed by atoms with E-state index in [2.05, 4.69) is 5.32 Å². The molecule has 0 saturated heterocycles. The maximum atomic E-state index is 12.0. The average Bonchev–Trinajstić information content (AvgIpc) is 3.06. The van der Waals surface area contributed by atoms with E-state index in [1.54, 1.807) is 35.6 Å². The summed E-state index contributed by atoms with van der Waals surface area (Å²) in [5.41, 5.74) is 2.02. The molecule has 118 valence electrons. The van der Waals surface area contributed by atoms with Crippen molar-refractivity contribution in [1.29, 1.82) is 5.26 Å². The molecule has 0 aliphatic rings. The van der Waals surface area contributed by atoms with Crippen LogP contribution in [-0.2, 0) is 20.7 Å². The lowest BCUT2D eigenvalue weighted by atomic mass is 10.2. The van der Waals surface area contributed by atoms with Gasteiger partial charge in [-0.2, -0.15) is 16.6 Å². The highest BCUT2D eigenvalue weighted by Gasteiger charge is 2.18. The van der Waals surface area contributed by atoms with Gasteiger partial charge >= 0.3 is 5.97 Å². The number of anilines is 1. The molecule has 1 aromatic heterocycles. The molecule has 1 aromatic carbocycles. The van der Waals surface area contributed by atoms with Crippen LogP contribution in [0, 0.1) is 11.3 Å². The SMILES string of the molecule is C[C@H](OC(=O)CCc1ccsc1)C(=O)Nc1cccc(C#N)c1. The second-order valence-electron chi connectivity index (χ2n) is 4.95. The van der Waals surface area contributed by atoms with Gasteiger partial charge in [-0.25, -0.2) is 0 Å². The van der Waals surface area contributed by atoms with Crippen LogP contribution < -0.4 is 5.32 Å². The van der Waals surface area contributed by atoms with Crippen molar-refractivity contribution in [3.05, 3.63) is 52.2 Å². The summed E-state index contributed by atoms with van der Waals surface area (Å²) < 4.78 is 5.13. The third-order valence-corrected chi connectivity index (χ3v) is 3.87. The van der Waals surface area contributed by atoms with E-state index in [1.807, 2.05) is 22.9 Å². The number of carbonyl (C=O) groups excluding carboxylic acids is 2. The van der Waals surface area contributed by atoms with Gasteiger partial charge < -0.3 is 10.1 Å². The number of amides is 1. The lowest BCUT2D eigenvalue weighted by Crippen LogP contribution is -2.30. The van der Waals surface area contributed by atoms with Gasteiger partial charge in [0.2, 0.25) is 0 Å². The molecule has 1 atom stereocenters. The van der Waals surface area contributed by atoms with E-state index in [0.29, 0.717) is 17.7 Å². The van der Waals surface area contributed by atoms with Crippen LogP contribution >= 0.6 is 11.3 Å². The number of aryl methyl sites for hydroxylation is 1. The zero-order valence-corrected chi connectivity index (χ0v) is 13.4. The molecule has 0 spiro atoms. The predicted molar refractivity (Wildman–Crippen MR) is 88.0 cm³/mol. The lowest BCUT2D eigenvalue weighted by Gasteiger charge is -2.13. The largest absolute Gasteiger partial charge is 0.453 e. The first-order valence-corrected chi connectivity index (χ1v) is 8.04. The van der Waals surface area contributed by atoms with Gasteiger partial charge in [0.05, 0.1) is 11.6 Å². The van der Waals surface area contributed by atoms with E-state index in [1.165, 1.54) is 6.92 Å². The summed E-state index contributed by atoms with van der Waals surface area (Å²) in [7, 11) is 0. The molecule has 0 fully saturated rings. The van der Waals surface area contributed by atoms with Gasteiger partial charge in [0.15, 0.2) is 6.10 Å². The molecule has 0 unspecified atom stereocenters. The molecule has 1 N–H and O–H groups in total. The highest BCUT2D eigenvalue weighted by atomic mass is 32.1. The standard InChI is InChI=1S/C17H16N2O3S/c1-12(22-16(20)6-5-13-7-8-23-11-13)17(21)19-15-4-2-3-14(9-15)10-18/h2-4,7-9,11-12H,5-6H2,1H3,(H,19,21)/t12-/m0/s1. The van der Waals surface area contributed by atoms with Gasteiger partial charge in [0.1, 0.15) is 0 Å². The number of hydrogen-bond acceptors (Lipinski definition) is 5. The smallest absolute Gasteiger partial charge is 0.306 e. The third kappa shape index (κ3) is 5.24. The van der Waals surface area contributed by atoms with Crippen LogP contribution in [-0.4, -0.2) is 18.0 Å². The minimum absolute atomic E-state index is 0.234. The van der Waals surface area contributed by atoms with Gasteiger partial charge in [-0.1, -0.05) is 6.07 Å². The quantitative estimate of drug-likeness (QED) is 0.826. The monoisotopic (exact) mass is 328 g/mol. The van der Waals surface area contributed by atoms with Crippen LogP contribution in [0.5, 0.6) is 0 Å². The number of nitrogens with one attached hydrogen (secondary N) is 1. The second kappa shape index (κ2) is 8.11. The Balaban J connectivity index is 1.82. The van der Waals surface area contributed by atoms with Crippen LogP contribution in [0.3, 0.4) is 0 Å². The van der Waals surface area contributed by atoms with Gasteiger partial charge in [-0.05, 0) is 53.9 Å². The highest BCUT2D eigenvalue weighted by molar-refractivity contribution is 7.07. The van der Waals surface area contributed by atoms with Crippen LogP contribution in [0.1, 0.15) is 24.5 Å². The second-order valence-corrected chi connectivity index (χ2v) is 5.73. The Hall–Kier alpha value is -2.65. The molecule has 0 aliphatic heterocycles. The summed E-state index contributed by atoms with van der Waals surface area (Å²) in [6, 6.07) is 10.5. The number of hydrogen-bond donors (Lipinski definition) is 1. The lowest BCUT2D eigenvalue weighted by molar-refractivity contribution is -0.153. The van der Waals surface area contributed by atoms with Crippen LogP contribution in [0.4, 0.5) is 5.69 Å². The number of ether oxygens (including phenoxy) is 1. The van der Waals surface area contributed by atoms with Crippen molar-refractivity contribution < 1.29 is 14.3 Å².